The molecule has 1 aliphatic carbocycles. The van der Waals surface area contributed by atoms with E-state index in [0.29, 0.717) is 12.5 Å². The first kappa shape index (κ1) is 15.1. The Labute approximate surface area is 120 Å². The molecule has 0 aromatic carbocycles. The monoisotopic (exact) mass is 282 g/mol. The fourth-order valence-corrected chi connectivity index (χ4v) is 3.35. The molecule has 2 amide bonds. The average Bonchev–Trinajstić information content (AvgIpc) is 2.34. The Morgan fingerprint density at radius 3 is 2.55 bits per heavy atom. The van der Waals surface area contributed by atoms with Gasteiger partial charge in [-0.2, -0.15) is 0 Å². The highest BCUT2D eigenvalue weighted by atomic mass is 16.4. The zero-order chi connectivity index (χ0) is 14.8. The number of carboxylic acid groups (broad SMARTS) is 1. The highest BCUT2D eigenvalue weighted by molar-refractivity contribution is 5.75. The lowest BCUT2D eigenvalue weighted by atomic mass is 9.66. The summed E-state index contributed by atoms with van der Waals surface area (Å²) in [5, 5.41) is 12.0. The normalized spacial score (nSPS) is 28.6. The first-order chi connectivity index (χ1) is 9.42. The first-order valence-electron chi connectivity index (χ1n) is 7.68. The second kappa shape index (κ2) is 6.02. The molecule has 20 heavy (non-hydrogen) atoms. The number of carbonyl (C=O) groups is 2. The van der Waals surface area contributed by atoms with Crippen LogP contribution in [0.15, 0.2) is 0 Å². The molecule has 0 radical (unpaired) electrons. The van der Waals surface area contributed by atoms with Crippen molar-refractivity contribution in [1.82, 2.24) is 10.2 Å². The molecule has 1 saturated carbocycles. The van der Waals surface area contributed by atoms with Gasteiger partial charge in [0.05, 0.1) is 6.42 Å². The third-order valence-corrected chi connectivity index (χ3v) is 4.93. The molecule has 114 valence electrons. The summed E-state index contributed by atoms with van der Waals surface area (Å²) < 4.78 is 0. The van der Waals surface area contributed by atoms with Crippen molar-refractivity contribution in [2.75, 3.05) is 13.1 Å². The molecule has 1 saturated heterocycles. The van der Waals surface area contributed by atoms with Crippen molar-refractivity contribution in [3.05, 3.63) is 0 Å². The molecule has 2 fully saturated rings. The Morgan fingerprint density at radius 1 is 1.30 bits per heavy atom. The fraction of sp³-hybridized carbons (Fsp3) is 0.867. The van der Waals surface area contributed by atoms with Gasteiger partial charge in [0.25, 0.3) is 0 Å². The van der Waals surface area contributed by atoms with Crippen LogP contribution in [0.2, 0.25) is 0 Å². The van der Waals surface area contributed by atoms with Crippen molar-refractivity contribution >= 4 is 12.0 Å². The summed E-state index contributed by atoms with van der Waals surface area (Å²) in [4.78, 5) is 25.1. The predicted molar refractivity (Wildman–Crippen MR) is 76.5 cm³/mol. The average molecular weight is 282 g/mol. The van der Waals surface area contributed by atoms with Gasteiger partial charge >= 0.3 is 12.0 Å². The van der Waals surface area contributed by atoms with Crippen molar-refractivity contribution in [3.8, 4) is 0 Å². The van der Waals surface area contributed by atoms with E-state index in [-0.39, 0.29) is 23.9 Å². The van der Waals surface area contributed by atoms with E-state index in [1.54, 1.807) is 0 Å². The molecule has 2 atom stereocenters. The maximum Gasteiger partial charge on any atom is 0.317 e. The van der Waals surface area contributed by atoms with Crippen LogP contribution in [-0.2, 0) is 4.79 Å². The summed E-state index contributed by atoms with van der Waals surface area (Å²) in [7, 11) is 0. The number of carboxylic acids is 1. The number of nitrogens with one attached hydrogen (secondary N) is 1. The number of likely N-dealkylation sites (tertiary alicyclic amines) is 1. The van der Waals surface area contributed by atoms with E-state index >= 15 is 0 Å². The van der Waals surface area contributed by atoms with E-state index in [2.05, 4.69) is 19.2 Å². The Kier molecular flexibility index (Phi) is 4.55. The van der Waals surface area contributed by atoms with Gasteiger partial charge in [-0.15, -0.1) is 0 Å². The van der Waals surface area contributed by atoms with Gasteiger partial charge in [0.15, 0.2) is 0 Å². The number of aliphatic carboxylic acids is 1. The lowest BCUT2D eigenvalue weighted by molar-refractivity contribution is -0.141. The molecule has 2 rings (SSSR count). The molecule has 0 bridgehead atoms. The Bertz CT molecular complexity index is 379. The molecule has 0 aromatic rings. The van der Waals surface area contributed by atoms with Crippen LogP contribution >= 0.6 is 0 Å². The maximum atomic E-state index is 12.3. The van der Waals surface area contributed by atoms with Crippen LogP contribution in [0.4, 0.5) is 4.79 Å². The smallest absolute Gasteiger partial charge is 0.317 e. The number of amides is 2. The van der Waals surface area contributed by atoms with Crippen LogP contribution in [0.25, 0.3) is 0 Å². The summed E-state index contributed by atoms with van der Waals surface area (Å²) in [6, 6.07) is 0.253. The van der Waals surface area contributed by atoms with Gasteiger partial charge in [-0.3, -0.25) is 4.79 Å². The number of hydrogen-bond acceptors (Lipinski definition) is 2. The molecular formula is C15H26N2O3. The number of hydrogen-bond donors (Lipinski definition) is 2. The molecule has 2 N–H and O–H groups in total. The van der Waals surface area contributed by atoms with E-state index in [9.17, 15) is 9.59 Å². The van der Waals surface area contributed by atoms with Crippen LogP contribution in [0.3, 0.4) is 0 Å². The fourth-order valence-electron chi connectivity index (χ4n) is 3.35. The second-order valence-electron chi connectivity index (χ2n) is 6.77. The third kappa shape index (κ3) is 3.44. The van der Waals surface area contributed by atoms with Crippen molar-refractivity contribution < 1.29 is 14.7 Å². The van der Waals surface area contributed by atoms with Crippen molar-refractivity contribution in [2.24, 2.45) is 11.3 Å². The van der Waals surface area contributed by atoms with Crippen LogP contribution in [0, 0.1) is 11.3 Å². The third-order valence-electron chi connectivity index (χ3n) is 4.93. The van der Waals surface area contributed by atoms with E-state index < -0.39 is 5.97 Å². The SMILES string of the molecule is CC1CCC(C)N(C(=O)NCC2(CC(=O)O)CCC2)C1. The van der Waals surface area contributed by atoms with Gasteiger partial charge in [-0.25, -0.2) is 4.79 Å². The number of nitrogens with zero attached hydrogens (tertiary/aromatic N) is 1. The van der Waals surface area contributed by atoms with Crippen LogP contribution in [-0.4, -0.2) is 41.1 Å². The summed E-state index contributed by atoms with van der Waals surface area (Å²) in [5.74, 6) is -0.215. The van der Waals surface area contributed by atoms with E-state index in [4.69, 9.17) is 5.11 Å². The lowest BCUT2D eigenvalue weighted by Crippen LogP contribution is -2.52. The van der Waals surface area contributed by atoms with E-state index in [1.807, 2.05) is 4.90 Å². The summed E-state index contributed by atoms with van der Waals surface area (Å²) in [6.07, 6.45) is 5.28. The minimum atomic E-state index is -0.765. The topological polar surface area (TPSA) is 69.6 Å². The largest absolute Gasteiger partial charge is 0.481 e. The Hall–Kier alpha value is -1.26. The quantitative estimate of drug-likeness (QED) is 0.832. The summed E-state index contributed by atoms with van der Waals surface area (Å²) in [6.45, 7) is 5.56. The molecule has 1 aliphatic heterocycles. The molecule has 1 heterocycles. The molecule has 0 spiro atoms. The lowest BCUT2D eigenvalue weighted by Gasteiger charge is -2.42. The van der Waals surface area contributed by atoms with Gasteiger partial charge in [0.1, 0.15) is 0 Å². The van der Waals surface area contributed by atoms with Gasteiger partial charge in [0.2, 0.25) is 0 Å². The minimum Gasteiger partial charge on any atom is -0.481 e. The van der Waals surface area contributed by atoms with Gasteiger partial charge in [0, 0.05) is 19.1 Å². The predicted octanol–water partition coefficient (Wildman–Crippen LogP) is 2.46. The molecule has 2 unspecified atom stereocenters. The van der Waals surface area contributed by atoms with E-state index in [0.717, 1.165) is 32.2 Å². The molecule has 5 nitrogen and oxygen atoms in total. The summed E-state index contributed by atoms with van der Waals surface area (Å²) >= 11 is 0. The van der Waals surface area contributed by atoms with Crippen molar-refractivity contribution in [1.29, 1.82) is 0 Å². The minimum absolute atomic E-state index is 0.0271. The zero-order valence-corrected chi connectivity index (χ0v) is 12.5. The highest BCUT2D eigenvalue weighted by Crippen LogP contribution is 2.43. The molecule has 0 aromatic heterocycles. The summed E-state index contributed by atoms with van der Waals surface area (Å²) in [5.41, 5.74) is -0.202. The van der Waals surface area contributed by atoms with Crippen LogP contribution < -0.4 is 5.32 Å². The first-order valence-corrected chi connectivity index (χ1v) is 7.68. The van der Waals surface area contributed by atoms with Crippen molar-refractivity contribution in [2.45, 2.75) is 58.4 Å². The van der Waals surface area contributed by atoms with Crippen molar-refractivity contribution in [3.63, 3.8) is 0 Å². The number of piperidine rings is 1. The molecular weight excluding hydrogens is 256 g/mol. The van der Waals surface area contributed by atoms with Gasteiger partial charge in [-0.1, -0.05) is 13.3 Å². The number of carbonyl (C=O) groups excluding carboxylic acids is 1. The molecule has 2 aliphatic rings. The van der Waals surface area contributed by atoms with Crippen LogP contribution in [0.5, 0.6) is 0 Å². The van der Waals surface area contributed by atoms with Gasteiger partial charge in [-0.05, 0) is 43.9 Å². The van der Waals surface area contributed by atoms with E-state index in [1.165, 1.54) is 6.42 Å². The number of urea groups is 1. The second-order valence-corrected chi connectivity index (χ2v) is 6.77. The Morgan fingerprint density at radius 2 is 2.00 bits per heavy atom. The number of rotatable bonds is 4. The van der Waals surface area contributed by atoms with Crippen LogP contribution in [0.1, 0.15) is 52.4 Å². The Balaban J connectivity index is 1.86. The molecule has 5 heteroatoms. The standard InChI is InChI=1S/C15H26N2O3/c1-11-4-5-12(2)17(9-11)14(20)16-10-15(6-3-7-15)8-13(18)19/h11-12H,3-10H2,1-2H3,(H,16,20)(H,18,19). The maximum absolute atomic E-state index is 12.3. The van der Waals surface area contributed by atoms with Gasteiger partial charge < -0.3 is 15.3 Å². The zero-order valence-electron chi connectivity index (χ0n) is 12.5. The highest BCUT2D eigenvalue weighted by Gasteiger charge is 2.39.